The number of hydrogen-bond donors (Lipinski definition) is 0. The van der Waals surface area contributed by atoms with Crippen LogP contribution in [0.3, 0.4) is 0 Å². The van der Waals surface area contributed by atoms with Crippen LogP contribution in [0, 0.1) is 0 Å². The van der Waals surface area contributed by atoms with Crippen molar-refractivity contribution in [3.05, 3.63) is 59.4 Å². The van der Waals surface area contributed by atoms with Gasteiger partial charge in [-0.1, -0.05) is 24.3 Å². The number of ether oxygens (including phenoxy) is 1. The van der Waals surface area contributed by atoms with Crippen molar-refractivity contribution in [2.75, 3.05) is 39.8 Å². The Labute approximate surface area is 180 Å². The van der Waals surface area contributed by atoms with Gasteiger partial charge in [0.05, 0.1) is 13.7 Å². The van der Waals surface area contributed by atoms with Crippen LogP contribution in [0.5, 0.6) is 5.75 Å². The van der Waals surface area contributed by atoms with E-state index < -0.39 is 0 Å². The number of hydrogen-bond acceptors (Lipinski definition) is 4. The van der Waals surface area contributed by atoms with E-state index >= 15 is 0 Å². The molecule has 2 fully saturated rings. The first-order chi connectivity index (χ1) is 14.7. The highest BCUT2D eigenvalue weighted by Gasteiger charge is 2.25. The normalized spacial score (nSPS) is 18.4. The number of benzene rings is 1. The van der Waals surface area contributed by atoms with Gasteiger partial charge in [-0.2, -0.15) is 0 Å². The minimum Gasteiger partial charge on any atom is -0.496 e. The van der Waals surface area contributed by atoms with E-state index in [1.54, 1.807) is 7.11 Å². The zero-order chi connectivity index (χ0) is 20.8. The number of methoxy groups -OCH3 is 1. The largest absolute Gasteiger partial charge is 0.496 e. The molecule has 1 amide bonds. The van der Waals surface area contributed by atoms with Gasteiger partial charge in [0.15, 0.2) is 0 Å². The molecule has 2 aliphatic heterocycles. The fourth-order valence-electron chi connectivity index (χ4n) is 4.69. The van der Waals surface area contributed by atoms with E-state index in [1.807, 2.05) is 18.2 Å². The topological polar surface area (TPSA) is 45.7 Å². The lowest BCUT2D eigenvalue weighted by atomic mass is 9.92. The third-order valence-corrected chi connectivity index (χ3v) is 6.47. The summed E-state index contributed by atoms with van der Waals surface area (Å²) in [5, 5.41) is 0. The second kappa shape index (κ2) is 10.1. The number of piperidine rings is 2. The minimum atomic E-state index is 0.310. The number of rotatable bonds is 6. The summed E-state index contributed by atoms with van der Waals surface area (Å²) in [6.45, 7) is 4.41. The summed E-state index contributed by atoms with van der Waals surface area (Å²) in [6.07, 6.45) is 6.49. The van der Waals surface area contributed by atoms with Crippen LogP contribution in [0.25, 0.3) is 0 Å². The van der Waals surface area contributed by atoms with Crippen molar-refractivity contribution in [2.24, 2.45) is 0 Å². The van der Waals surface area contributed by atoms with Crippen LogP contribution in [0.1, 0.15) is 55.0 Å². The maximum Gasteiger partial charge on any atom is 0.236 e. The summed E-state index contributed by atoms with van der Waals surface area (Å²) in [4.78, 5) is 21.9. The summed E-state index contributed by atoms with van der Waals surface area (Å²) in [6, 6.07) is 14.5. The smallest absolute Gasteiger partial charge is 0.236 e. The minimum absolute atomic E-state index is 0.310. The highest BCUT2D eigenvalue weighted by atomic mass is 16.5. The summed E-state index contributed by atoms with van der Waals surface area (Å²) < 4.78 is 5.49. The third kappa shape index (κ3) is 5.20. The molecule has 0 radical (unpaired) electrons. The second-order valence-corrected chi connectivity index (χ2v) is 8.53. The van der Waals surface area contributed by atoms with Gasteiger partial charge < -0.3 is 9.64 Å². The molecule has 1 aromatic carbocycles. The number of para-hydroxylation sites is 1. The molecule has 0 saturated carbocycles. The quantitative estimate of drug-likeness (QED) is 0.729. The van der Waals surface area contributed by atoms with Gasteiger partial charge in [0.25, 0.3) is 0 Å². The third-order valence-electron chi connectivity index (χ3n) is 6.47. The number of aromatic nitrogens is 1. The molecule has 4 rings (SSSR count). The van der Waals surface area contributed by atoms with Crippen molar-refractivity contribution in [1.82, 2.24) is 14.8 Å². The summed E-state index contributed by atoms with van der Waals surface area (Å²) >= 11 is 0. The van der Waals surface area contributed by atoms with Crippen LogP contribution in [0.4, 0.5) is 0 Å². The molecule has 0 atom stereocenters. The molecule has 2 aliphatic rings. The van der Waals surface area contributed by atoms with Gasteiger partial charge in [0.2, 0.25) is 5.91 Å². The Balaban J connectivity index is 1.32. The number of carbonyl (C=O) groups excluding carboxylic acids is 1. The first kappa shape index (κ1) is 20.9. The molecule has 2 saturated heterocycles. The van der Waals surface area contributed by atoms with Crippen molar-refractivity contribution < 1.29 is 9.53 Å². The molecule has 2 aromatic rings. The van der Waals surface area contributed by atoms with E-state index in [9.17, 15) is 4.79 Å². The van der Waals surface area contributed by atoms with Gasteiger partial charge in [-0.25, -0.2) is 0 Å². The molecule has 5 nitrogen and oxygen atoms in total. The highest BCUT2D eigenvalue weighted by molar-refractivity contribution is 5.78. The monoisotopic (exact) mass is 407 g/mol. The summed E-state index contributed by atoms with van der Waals surface area (Å²) in [5.74, 6) is 1.70. The molecule has 0 aliphatic carbocycles. The number of carbonyl (C=O) groups is 1. The molecule has 3 heterocycles. The SMILES string of the molecule is COc1ccccc1Cc1cccc(C2CCN(CC(=O)N3CCCCC3)CC2)n1. The lowest BCUT2D eigenvalue weighted by Gasteiger charge is -2.34. The average molecular weight is 408 g/mol. The molecule has 0 bridgehead atoms. The number of amides is 1. The maximum absolute atomic E-state index is 12.6. The van der Waals surface area contributed by atoms with Gasteiger partial charge in [-0.05, 0) is 63.4 Å². The van der Waals surface area contributed by atoms with Gasteiger partial charge in [-0.3, -0.25) is 14.7 Å². The first-order valence-corrected chi connectivity index (χ1v) is 11.3. The first-order valence-electron chi connectivity index (χ1n) is 11.3. The van der Waals surface area contributed by atoms with Crippen LogP contribution in [0.15, 0.2) is 42.5 Å². The van der Waals surface area contributed by atoms with Crippen molar-refractivity contribution in [2.45, 2.75) is 44.4 Å². The lowest BCUT2D eigenvalue weighted by Crippen LogP contribution is -2.44. The van der Waals surface area contributed by atoms with Crippen LogP contribution in [-0.2, 0) is 11.2 Å². The van der Waals surface area contributed by atoms with Crippen molar-refractivity contribution in [3.63, 3.8) is 0 Å². The predicted octanol–water partition coefficient (Wildman–Crippen LogP) is 3.87. The second-order valence-electron chi connectivity index (χ2n) is 8.53. The molecule has 160 valence electrons. The highest BCUT2D eigenvalue weighted by Crippen LogP contribution is 2.28. The zero-order valence-corrected chi connectivity index (χ0v) is 18.1. The van der Waals surface area contributed by atoms with E-state index in [0.29, 0.717) is 18.4 Å². The molecular formula is C25H33N3O2. The van der Waals surface area contributed by atoms with E-state index in [1.165, 1.54) is 12.1 Å². The van der Waals surface area contributed by atoms with Crippen molar-refractivity contribution in [3.8, 4) is 5.75 Å². The summed E-state index contributed by atoms with van der Waals surface area (Å²) in [5.41, 5.74) is 3.43. The Bertz CT molecular complexity index is 840. The van der Waals surface area contributed by atoms with Crippen LogP contribution in [0.2, 0.25) is 0 Å². The molecule has 0 N–H and O–H groups in total. The maximum atomic E-state index is 12.6. The standard InChI is InChI=1S/C25H33N3O2/c1-30-24-11-4-3-8-21(24)18-22-9-7-10-23(26-22)20-12-16-27(17-13-20)19-25(29)28-14-5-2-6-15-28/h3-4,7-11,20H,2,5-6,12-19H2,1H3. The molecule has 0 spiro atoms. The molecule has 5 heteroatoms. The van der Waals surface area contributed by atoms with Crippen molar-refractivity contribution in [1.29, 1.82) is 0 Å². The molecule has 30 heavy (non-hydrogen) atoms. The predicted molar refractivity (Wildman–Crippen MR) is 119 cm³/mol. The Morgan fingerprint density at radius 2 is 1.77 bits per heavy atom. The Morgan fingerprint density at radius 1 is 1.00 bits per heavy atom. The van der Waals surface area contributed by atoms with Crippen LogP contribution in [-0.4, -0.2) is 60.5 Å². The zero-order valence-electron chi connectivity index (χ0n) is 18.1. The van der Waals surface area contributed by atoms with E-state index in [-0.39, 0.29) is 0 Å². The van der Waals surface area contributed by atoms with Crippen LogP contribution >= 0.6 is 0 Å². The molecule has 1 aromatic heterocycles. The Morgan fingerprint density at radius 3 is 2.53 bits per heavy atom. The average Bonchev–Trinajstić information content (AvgIpc) is 2.81. The molecule has 0 unspecified atom stereocenters. The fraction of sp³-hybridized carbons (Fsp3) is 0.520. The van der Waals surface area contributed by atoms with Gasteiger partial charge >= 0.3 is 0 Å². The number of nitrogens with zero attached hydrogens (tertiary/aromatic N) is 3. The summed E-state index contributed by atoms with van der Waals surface area (Å²) in [7, 11) is 1.71. The van der Waals surface area contributed by atoms with Gasteiger partial charge in [0.1, 0.15) is 5.75 Å². The van der Waals surface area contributed by atoms with Gasteiger partial charge in [-0.15, -0.1) is 0 Å². The lowest BCUT2D eigenvalue weighted by molar-refractivity contribution is -0.133. The van der Waals surface area contributed by atoms with E-state index in [4.69, 9.17) is 9.72 Å². The molecular weight excluding hydrogens is 374 g/mol. The number of pyridine rings is 1. The Hall–Kier alpha value is -2.40. The van der Waals surface area contributed by atoms with E-state index in [0.717, 1.165) is 75.3 Å². The van der Waals surface area contributed by atoms with Crippen LogP contribution < -0.4 is 4.74 Å². The number of likely N-dealkylation sites (tertiary alicyclic amines) is 2. The Kier molecular flexibility index (Phi) is 7.00. The van der Waals surface area contributed by atoms with Crippen molar-refractivity contribution >= 4 is 5.91 Å². The van der Waals surface area contributed by atoms with E-state index in [2.05, 4.69) is 34.1 Å². The fourth-order valence-corrected chi connectivity index (χ4v) is 4.69. The van der Waals surface area contributed by atoms with Gasteiger partial charge in [0, 0.05) is 42.4 Å².